The van der Waals surface area contributed by atoms with Gasteiger partial charge in [0.05, 0.1) is 16.4 Å². The Kier molecular flexibility index (Phi) is 14.0. The summed E-state index contributed by atoms with van der Waals surface area (Å²) in [6.45, 7) is 9.67. The predicted molar refractivity (Wildman–Crippen MR) is 175 cm³/mol. The maximum atomic E-state index is 13.7. The van der Waals surface area contributed by atoms with Gasteiger partial charge in [0.15, 0.2) is 0 Å². The molecule has 3 aliphatic rings. The van der Waals surface area contributed by atoms with Crippen molar-refractivity contribution in [2.75, 3.05) is 38.5 Å². The van der Waals surface area contributed by atoms with Crippen molar-refractivity contribution in [1.29, 1.82) is 0 Å². The number of carbonyl (C=O) groups excluding carboxylic acids is 2. The number of fused-ring (bicyclic) bond motifs is 2. The molecule has 2 amide bonds. The van der Waals surface area contributed by atoms with Gasteiger partial charge >= 0.3 is 6.18 Å². The van der Waals surface area contributed by atoms with Crippen molar-refractivity contribution in [3.8, 4) is 0 Å². The molecule has 3 aliphatic carbocycles. The quantitative estimate of drug-likeness (QED) is 0.109. The first-order chi connectivity index (χ1) is 21.1. The summed E-state index contributed by atoms with van der Waals surface area (Å²) < 4.78 is 39.5. The summed E-state index contributed by atoms with van der Waals surface area (Å²) >= 11 is 1.58. The fraction of sp³-hybridized carbons (Fsp3) is 0.618. The van der Waals surface area contributed by atoms with Crippen LogP contribution in [0, 0.1) is 23.2 Å². The number of allylic oxidation sites excluding steroid dienone is 8. The molecule has 6 nitrogen and oxygen atoms in total. The van der Waals surface area contributed by atoms with Gasteiger partial charge in [0.25, 0.3) is 0 Å². The molecule has 4 atom stereocenters. The van der Waals surface area contributed by atoms with Gasteiger partial charge < -0.3 is 15.5 Å². The first kappa shape index (κ1) is 35.9. The summed E-state index contributed by atoms with van der Waals surface area (Å²) in [6, 6.07) is 0. The van der Waals surface area contributed by atoms with Crippen LogP contribution in [0.4, 0.5) is 13.2 Å². The lowest BCUT2D eigenvalue weighted by molar-refractivity contribution is -0.145. The molecule has 0 bridgehead atoms. The number of hydrogen-bond acceptors (Lipinski definition) is 5. The molecule has 0 saturated carbocycles. The summed E-state index contributed by atoms with van der Waals surface area (Å²) in [5.41, 5.74) is 1.14. The Morgan fingerprint density at radius 2 is 1.91 bits per heavy atom. The average molecular weight is 635 g/mol. The Labute approximate surface area is 265 Å². The van der Waals surface area contributed by atoms with Crippen LogP contribution in [0.3, 0.4) is 0 Å². The van der Waals surface area contributed by atoms with E-state index >= 15 is 0 Å². The molecule has 0 spiro atoms. The second-order valence-electron chi connectivity index (χ2n) is 11.6. The Bertz CT molecular complexity index is 1170. The van der Waals surface area contributed by atoms with Crippen molar-refractivity contribution in [1.82, 2.24) is 15.5 Å². The summed E-state index contributed by atoms with van der Waals surface area (Å²) in [5, 5.41) is 6.12. The minimum Gasteiger partial charge on any atom is -0.355 e. The van der Waals surface area contributed by atoms with Crippen LogP contribution in [0.1, 0.15) is 66.2 Å². The standard InChI is InChI=1S/C34H49F3N4O2S/c1-5-20-39-31(44-7-3)25(4)30(42)38-21-14-23-41(6-2)22-13-12-19-33(32(43)40-24-34(35,36)37)28-17-10-8-15-26(28)27-16-9-11-18-29(27)33/h5,8-10,15-17,20,25-26,28H,6-7,11-14,18-19,21-24H2,1-4H3,(H,38,42)(H,40,43)/b20-5-,39-31?. The fourth-order valence-corrected chi connectivity index (χ4v) is 7.41. The van der Waals surface area contributed by atoms with E-state index in [1.165, 1.54) is 0 Å². The van der Waals surface area contributed by atoms with Crippen molar-refractivity contribution >= 4 is 28.6 Å². The number of hydrogen-bond donors (Lipinski definition) is 2. The lowest BCUT2D eigenvalue weighted by Gasteiger charge is -2.38. The largest absolute Gasteiger partial charge is 0.405 e. The SMILES string of the molecule is C/C=C\N=C(SCC)C(C)C(=O)NCCCN(CC)CCCCC1(C(=O)NCC(F)(F)F)C2=C(C=CCC2)C2C=CC=CC21. The number of alkyl halides is 3. The van der Waals surface area contributed by atoms with E-state index in [0.717, 1.165) is 67.3 Å². The zero-order valence-electron chi connectivity index (χ0n) is 26.6. The van der Waals surface area contributed by atoms with Gasteiger partial charge in [0, 0.05) is 24.6 Å². The fourth-order valence-electron chi connectivity index (χ4n) is 6.63. The molecule has 0 radical (unpaired) electrons. The maximum absolute atomic E-state index is 13.7. The molecule has 2 N–H and O–H groups in total. The van der Waals surface area contributed by atoms with Crippen LogP contribution in [-0.4, -0.2) is 66.4 Å². The number of rotatable bonds is 16. The molecule has 44 heavy (non-hydrogen) atoms. The zero-order chi connectivity index (χ0) is 32.2. The number of halogens is 3. The number of aliphatic imine (C=N–C) groups is 1. The molecule has 0 heterocycles. The highest BCUT2D eigenvalue weighted by molar-refractivity contribution is 8.14. The maximum Gasteiger partial charge on any atom is 0.405 e. The zero-order valence-corrected chi connectivity index (χ0v) is 27.4. The van der Waals surface area contributed by atoms with Crippen LogP contribution in [0.5, 0.6) is 0 Å². The van der Waals surface area contributed by atoms with Crippen molar-refractivity contribution in [3.63, 3.8) is 0 Å². The van der Waals surface area contributed by atoms with Crippen LogP contribution in [0.2, 0.25) is 0 Å². The second-order valence-corrected chi connectivity index (χ2v) is 12.9. The van der Waals surface area contributed by atoms with E-state index in [-0.39, 0.29) is 23.7 Å². The Hall–Kier alpha value is -2.59. The highest BCUT2D eigenvalue weighted by Gasteiger charge is 2.56. The summed E-state index contributed by atoms with van der Waals surface area (Å²) in [5.74, 6) is -0.152. The van der Waals surface area contributed by atoms with Gasteiger partial charge in [0.1, 0.15) is 6.54 Å². The van der Waals surface area contributed by atoms with Gasteiger partial charge in [-0.1, -0.05) is 68.4 Å². The molecule has 244 valence electrons. The van der Waals surface area contributed by atoms with Crippen molar-refractivity contribution < 1.29 is 22.8 Å². The lowest BCUT2D eigenvalue weighted by atomic mass is 9.65. The molecule has 4 unspecified atom stereocenters. The molecule has 10 heteroatoms. The van der Waals surface area contributed by atoms with E-state index in [0.29, 0.717) is 19.4 Å². The molecule has 0 fully saturated rings. The van der Waals surface area contributed by atoms with Gasteiger partial charge in [-0.3, -0.25) is 14.6 Å². The number of nitrogens with one attached hydrogen (secondary N) is 2. The van der Waals surface area contributed by atoms with Gasteiger partial charge in [-0.05, 0) is 76.9 Å². The third kappa shape index (κ3) is 9.22. The molecular formula is C34H49F3N4O2S. The third-order valence-electron chi connectivity index (χ3n) is 8.76. The minimum absolute atomic E-state index is 0.0132. The third-order valence-corrected chi connectivity index (χ3v) is 9.81. The van der Waals surface area contributed by atoms with Crippen molar-refractivity contribution in [3.05, 3.63) is 59.9 Å². The second kappa shape index (κ2) is 17.2. The normalized spacial score (nSPS) is 23.8. The van der Waals surface area contributed by atoms with Gasteiger partial charge in [-0.25, -0.2) is 0 Å². The number of nitrogens with zero attached hydrogens (tertiary/aromatic N) is 2. The van der Waals surface area contributed by atoms with Crippen LogP contribution in [0.25, 0.3) is 0 Å². The van der Waals surface area contributed by atoms with Crippen LogP contribution in [-0.2, 0) is 9.59 Å². The molecule has 3 rings (SSSR count). The highest BCUT2D eigenvalue weighted by atomic mass is 32.2. The average Bonchev–Trinajstić information content (AvgIpc) is 3.30. The van der Waals surface area contributed by atoms with Crippen LogP contribution < -0.4 is 10.6 Å². The summed E-state index contributed by atoms with van der Waals surface area (Å²) in [7, 11) is 0. The number of unbranched alkanes of at least 4 members (excludes halogenated alkanes) is 1. The molecule has 0 saturated heterocycles. The minimum atomic E-state index is -4.46. The van der Waals surface area contributed by atoms with E-state index in [1.807, 2.05) is 45.1 Å². The molecule has 0 aliphatic heterocycles. The molecule has 0 aromatic heterocycles. The lowest BCUT2D eigenvalue weighted by Crippen LogP contribution is -2.48. The van der Waals surface area contributed by atoms with E-state index in [1.54, 1.807) is 18.0 Å². The smallest absolute Gasteiger partial charge is 0.355 e. The van der Waals surface area contributed by atoms with Crippen LogP contribution >= 0.6 is 11.8 Å². The summed E-state index contributed by atoms with van der Waals surface area (Å²) in [4.78, 5) is 33.2. The van der Waals surface area contributed by atoms with Gasteiger partial charge in [-0.15, -0.1) is 11.8 Å². The highest BCUT2D eigenvalue weighted by Crippen LogP contribution is 2.58. The van der Waals surface area contributed by atoms with Gasteiger partial charge in [-0.2, -0.15) is 13.2 Å². The molecule has 0 aromatic rings. The van der Waals surface area contributed by atoms with E-state index in [9.17, 15) is 22.8 Å². The first-order valence-electron chi connectivity index (χ1n) is 16.0. The molecular weight excluding hydrogens is 585 g/mol. The summed E-state index contributed by atoms with van der Waals surface area (Å²) in [6.07, 6.45) is 15.7. The van der Waals surface area contributed by atoms with Crippen molar-refractivity contribution in [2.24, 2.45) is 28.2 Å². The van der Waals surface area contributed by atoms with E-state index in [2.05, 4.69) is 45.7 Å². The first-order valence-corrected chi connectivity index (χ1v) is 17.0. The Morgan fingerprint density at radius 1 is 1.16 bits per heavy atom. The van der Waals surface area contributed by atoms with E-state index in [4.69, 9.17) is 0 Å². The number of thioether (sulfide) groups is 1. The van der Waals surface area contributed by atoms with Gasteiger partial charge in [0.2, 0.25) is 11.8 Å². The van der Waals surface area contributed by atoms with E-state index < -0.39 is 24.0 Å². The predicted octanol–water partition coefficient (Wildman–Crippen LogP) is 6.99. The Balaban J connectivity index is 1.57. The number of amides is 2. The topological polar surface area (TPSA) is 73.8 Å². The Morgan fingerprint density at radius 3 is 2.61 bits per heavy atom. The monoisotopic (exact) mass is 634 g/mol. The van der Waals surface area contributed by atoms with Crippen LogP contribution in [0.15, 0.2) is 64.9 Å². The number of carbonyl (C=O) groups is 2. The molecule has 0 aromatic carbocycles. The van der Waals surface area contributed by atoms with Crippen molar-refractivity contribution in [2.45, 2.75) is 72.4 Å².